The monoisotopic (exact) mass is 410 g/mol. The van der Waals surface area contributed by atoms with Crippen molar-refractivity contribution < 1.29 is 0 Å². The molecule has 0 saturated heterocycles. The lowest BCUT2D eigenvalue weighted by Gasteiger charge is -2.10. The van der Waals surface area contributed by atoms with Crippen LogP contribution in [0.15, 0.2) is 53.6 Å². The van der Waals surface area contributed by atoms with E-state index in [0.29, 0.717) is 26.9 Å². The fourth-order valence-electron chi connectivity index (χ4n) is 3.64. The highest BCUT2D eigenvalue weighted by molar-refractivity contribution is 6.30. The molecule has 0 radical (unpaired) electrons. The molecular formula is C23H15ClN6. The molecule has 0 aliphatic carbocycles. The van der Waals surface area contributed by atoms with Crippen LogP contribution in [0.5, 0.6) is 0 Å². The third kappa shape index (κ3) is 2.84. The fraction of sp³-hybridized carbons (Fsp3) is 0.0435. The molecule has 5 rings (SSSR count). The number of nitrogens with one attached hydrogen (secondary N) is 2. The second-order valence-electron chi connectivity index (χ2n) is 7.03. The van der Waals surface area contributed by atoms with E-state index in [1.165, 1.54) is 0 Å². The van der Waals surface area contributed by atoms with Gasteiger partial charge in [-0.15, -0.1) is 0 Å². The summed E-state index contributed by atoms with van der Waals surface area (Å²) in [6, 6.07) is 17.6. The van der Waals surface area contributed by atoms with E-state index >= 15 is 0 Å². The number of nitrogens with zero attached hydrogens (tertiary/aromatic N) is 4. The lowest BCUT2D eigenvalue weighted by molar-refractivity contribution is 0.890. The summed E-state index contributed by atoms with van der Waals surface area (Å²) in [4.78, 5) is 9.37. The second kappa shape index (κ2) is 6.83. The van der Waals surface area contributed by atoms with E-state index in [0.717, 1.165) is 38.3 Å². The van der Waals surface area contributed by atoms with Gasteiger partial charge in [0.05, 0.1) is 33.4 Å². The van der Waals surface area contributed by atoms with Gasteiger partial charge in [0.2, 0.25) is 0 Å². The second-order valence-corrected chi connectivity index (χ2v) is 7.43. The van der Waals surface area contributed by atoms with Crippen molar-refractivity contribution in [3.05, 3.63) is 85.8 Å². The smallest absolute Gasteiger partial charge is 0.160 e. The molecule has 1 aliphatic rings. The molecule has 1 aliphatic heterocycles. The number of fused-ring (bicyclic) bond motifs is 2. The number of benzene rings is 2. The van der Waals surface area contributed by atoms with Crippen molar-refractivity contribution in [3.8, 4) is 17.3 Å². The van der Waals surface area contributed by atoms with Crippen molar-refractivity contribution in [2.75, 3.05) is 5.43 Å². The molecule has 0 fully saturated rings. The van der Waals surface area contributed by atoms with E-state index in [4.69, 9.17) is 16.6 Å². The highest BCUT2D eigenvalue weighted by Gasteiger charge is 2.13. The molecule has 3 heterocycles. The number of nitriles is 1. The zero-order valence-electron chi connectivity index (χ0n) is 16.0. The number of halogens is 1. The lowest BCUT2D eigenvalue weighted by atomic mass is 9.98. The van der Waals surface area contributed by atoms with Gasteiger partial charge in [0.15, 0.2) is 5.65 Å². The molecule has 144 valence electrons. The minimum absolute atomic E-state index is 0.528. The minimum atomic E-state index is 0.528. The number of rotatable bonds is 1. The largest absolute Gasteiger partial charge is 0.283 e. The van der Waals surface area contributed by atoms with Crippen LogP contribution in [-0.4, -0.2) is 9.97 Å². The Morgan fingerprint density at radius 3 is 2.80 bits per heavy atom. The Labute approximate surface area is 176 Å². The molecule has 30 heavy (non-hydrogen) atoms. The van der Waals surface area contributed by atoms with Crippen LogP contribution in [0.25, 0.3) is 28.9 Å². The first-order chi connectivity index (χ1) is 14.5. The highest BCUT2D eigenvalue weighted by Crippen LogP contribution is 2.27. The van der Waals surface area contributed by atoms with Crippen LogP contribution in [0.4, 0.5) is 5.69 Å². The van der Waals surface area contributed by atoms with Gasteiger partial charge in [-0.25, -0.2) is 15.5 Å². The van der Waals surface area contributed by atoms with E-state index in [9.17, 15) is 5.26 Å². The molecule has 0 saturated carbocycles. The quantitative estimate of drug-likeness (QED) is 0.503. The van der Waals surface area contributed by atoms with Crippen LogP contribution in [0, 0.1) is 28.7 Å². The Kier molecular flexibility index (Phi) is 4.12. The predicted molar refractivity (Wildman–Crippen MR) is 117 cm³/mol. The summed E-state index contributed by atoms with van der Waals surface area (Å²) in [6.45, 7) is 5.84. The lowest BCUT2D eigenvalue weighted by Crippen LogP contribution is -2.08. The third-order valence-electron chi connectivity index (χ3n) is 5.18. The molecule has 0 atom stereocenters. The summed E-state index contributed by atoms with van der Waals surface area (Å²) in [5.74, 6) is 0. The Balaban J connectivity index is 1.99. The van der Waals surface area contributed by atoms with E-state index in [1.807, 2.05) is 49.4 Å². The average Bonchev–Trinajstić information content (AvgIpc) is 3.22. The summed E-state index contributed by atoms with van der Waals surface area (Å²) in [6.07, 6.45) is 0. The van der Waals surface area contributed by atoms with Gasteiger partial charge in [-0.2, -0.15) is 10.4 Å². The zero-order chi connectivity index (χ0) is 20.8. The van der Waals surface area contributed by atoms with Gasteiger partial charge in [0.25, 0.3) is 0 Å². The van der Waals surface area contributed by atoms with Crippen molar-refractivity contribution in [1.82, 2.24) is 15.5 Å². The van der Waals surface area contributed by atoms with Gasteiger partial charge in [0, 0.05) is 16.2 Å². The standard InChI is InChI=1S/C23H15ClN6/c1-12-6-7-14-8-18(16-9-19(24)22-20(10-16)28-30-29-22)21(27-23(14)26-12)17-5-3-4-15(11-25)13(17)2/h3-10,28,30H,1H2,2H3. The molecule has 2 aromatic carbocycles. The molecule has 0 amide bonds. The van der Waals surface area contributed by atoms with Crippen molar-refractivity contribution in [2.24, 2.45) is 5.10 Å². The Morgan fingerprint density at radius 1 is 1.10 bits per heavy atom. The normalized spacial score (nSPS) is 13.1. The maximum atomic E-state index is 9.49. The number of hydrogen-bond donors (Lipinski definition) is 2. The molecule has 0 spiro atoms. The predicted octanol–water partition coefficient (Wildman–Crippen LogP) is 3.29. The number of anilines is 1. The summed E-state index contributed by atoms with van der Waals surface area (Å²) in [5.41, 5.74) is 10.2. The SMILES string of the molecule is C=c1ccc2cc(=c3cc(Cl)c4c(c3)NNN=4)c(-c3cccc(C#N)c3C)nc2n1. The van der Waals surface area contributed by atoms with Crippen molar-refractivity contribution in [1.29, 1.82) is 5.26 Å². The summed E-state index contributed by atoms with van der Waals surface area (Å²) >= 11 is 6.48. The van der Waals surface area contributed by atoms with Gasteiger partial charge in [-0.1, -0.05) is 30.3 Å². The minimum Gasteiger partial charge on any atom is -0.283 e. The summed E-state index contributed by atoms with van der Waals surface area (Å²) in [5, 5.41) is 18.1. The number of hydrogen-bond acceptors (Lipinski definition) is 6. The summed E-state index contributed by atoms with van der Waals surface area (Å²) < 4.78 is 0. The molecule has 0 unspecified atom stereocenters. The van der Waals surface area contributed by atoms with Gasteiger partial charge >= 0.3 is 0 Å². The van der Waals surface area contributed by atoms with Crippen molar-refractivity contribution in [3.63, 3.8) is 0 Å². The number of pyridine rings is 2. The first kappa shape index (κ1) is 18.1. The molecule has 7 heteroatoms. The van der Waals surface area contributed by atoms with Crippen molar-refractivity contribution >= 4 is 34.9 Å². The van der Waals surface area contributed by atoms with Crippen LogP contribution < -0.4 is 21.7 Å². The molecular weight excluding hydrogens is 396 g/mol. The number of aromatic nitrogens is 2. The molecule has 0 bridgehead atoms. The Morgan fingerprint density at radius 2 is 1.97 bits per heavy atom. The van der Waals surface area contributed by atoms with Crippen molar-refractivity contribution in [2.45, 2.75) is 6.92 Å². The van der Waals surface area contributed by atoms with Gasteiger partial charge in [-0.3, -0.25) is 5.43 Å². The Hall–Kier alpha value is -3.95. The Bertz CT molecular complexity index is 1600. The van der Waals surface area contributed by atoms with Gasteiger partial charge in [-0.05, 0) is 54.1 Å². The van der Waals surface area contributed by atoms with Crippen LogP contribution in [0.3, 0.4) is 0 Å². The van der Waals surface area contributed by atoms with Gasteiger partial charge < -0.3 is 0 Å². The first-order valence-electron chi connectivity index (χ1n) is 9.24. The summed E-state index contributed by atoms with van der Waals surface area (Å²) in [7, 11) is 0. The van der Waals surface area contributed by atoms with Crippen LogP contribution >= 0.6 is 11.6 Å². The zero-order valence-corrected chi connectivity index (χ0v) is 16.7. The van der Waals surface area contributed by atoms with E-state index in [1.54, 1.807) is 6.07 Å². The van der Waals surface area contributed by atoms with Crippen LogP contribution in [-0.2, 0) is 0 Å². The van der Waals surface area contributed by atoms with E-state index in [2.05, 4.69) is 33.7 Å². The number of hydrazine groups is 1. The molecule has 2 aromatic heterocycles. The fourth-order valence-corrected chi connectivity index (χ4v) is 3.90. The maximum absolute atomic E-state index is 9.49. The van der Waals surface area contributed by atoms with E-state index in [-0.39, 0.29) is 0 Å². The first-order valence-corrected chi connectivity index (χ1v) is 9.62. The third-order valence-corrected chi connectivity index (χ3v) is 5.47. The molecule has 6 nitrogen and oxygen atoms in total. The highest BCUT2D eigenvalue weighted by atomic mass is 35.5. The maximum Gasteiger partial charge on any atom is 0.160 e. The van der Waals surface area contributed by atoms with Crippen LogP contribution in [0.2, 0.25) is 5.02 Å². The average molecular weight is 411 g/mol. The molecule has 2 N–H and O–H groups in total. The van der Waals surface area contributed by atoms with Crippen LogP contribution in [0.1, 0.15) is 11.1 Å². The molecule has 4 aromatic rings. The topological polar surface area (TPSA) is 86.0 Å². The van der Waals surface area contributed by atoms with Gasteiger partial charge in [0.1, 0.15) is 5.36 Å². The van der Waals surface area contributed by atoms with E-state index < -0.39 is 0 Å².